The van der Waals surface area contributed by atoms with Gasteiger partial charge in [0, 0.05) is 0 Å². The molecule has 0 aromatic carbocycles. The van der Waals surface area contributed by atoms with Gasteiger partial charge in [-0.05, 0) is 61.2 Å². The van der Waals surface area contributed by atoms with Gasteiger partial charge in [0.1, 0.15) is 0 Å². The zero-order chi connectivity index (χ0) is 14.7. The molecule has 0 aliphatic heterocycles. The van der Waals surface area contributed by atoms with Crippen LogP contribution in [0.5, 0.6) is 0 Å². The van der Waals surface area contributed by atoms with Gasteiger partial charge in [0.05, 0.1) is 0 Å². The van der Waals surface area contributed by atoms with Crippen molar-refractivity contribution in [2.45, 2.75) is 104 Å². The van der Waals surface area contributed by atoms with Crippen LogP contribution in [0.1, 0.15) is 104 Å². The number of rotatable bonds is 1. The summed E-state index contributed by atoms with van der Waals surface area (Å²) in [6.07, 6.45) is 21.5. The average molecular weight is 291 g/mol. The van der Waals surface area contributed by atoms with E-state index in [1.807, 2.05) is 0 Å². The van der Waals surface area contributed by atoms with Crippen LogP contribution in [0.2, 0.25) is 0 Å². The highest BCUT2D eigenvalue weighted by Crippen LogP contribution is 2.56. The van der Waals surface area contributed by atoms with E-state index in [4.69, 9.17) is 0 Å². The maximum absolute atomic E-state index is 2.60. The SMILES string of the molecule is CCC1C2CCCCC2[C@@H](C)CCCCCC12CCCC2. The second-order valence-corrected chi connectivity index (χ2v) is 8.77. The molecular formula is C21H38. The van der Waals surface area contributed by atoms with Gasteiger partial charge in [-0.15, -0.1) is 0 Å². The first-order valence-electron chi connectivity index (χ1n) is 10.3. The first-order valence-corrected chi connectivity index (χ1v) is 10.3. The smallest absolute Gasteiger partial charge is 0.0267 e. The van der Waals surface area contributed by atoms with Crippen LogP contribution in [0.25, 0.3) is 0 Å². The highest BCUT2D eigenvalue weighted by Gasteiger charge is 2.46. The van der Waals surface area contributed by atoms with E-state index in [0.717, 1.165) is 29.1 Å². The van der Waals surface area contributed by atoms with Crippen molar-refractivity contribution < 1.29 is 0 Å². The van der Waals surface area contributed by atoms with Gasteiger partial charge in [0.2, 0.25) is 0 Å². The Balaban J connectivity index is 1.87. The molecule has 4 atom stereocenters. The maximum Gasteiger partial charge on any atom is -0.0267 e. The highest BCUT2D eigenvalue weighted by molar-refractivity contribution is 4.96. The van der Waals surface area contributed by atoms with Crippen molar-refractivity contribution in [1.29, 1.82) is 0 Å². The fraction of sp³-hybridized carbons (Fsp3) is 1.00. The van der Waals surface area contributed by atoms with Gasteiger partial charge >= 0.3 is 0 Å². The normalized spacial score (nSPS) is 40.9. The molecule has 3 fully saturated rings. The van der Waals surface area contributed by atoms with Gasteiger partial charge in [0.25, 0.3) is 0 Å². The molecule has 0 N–H and O–H groups in total. The molecule has 0 aromatic rings. The molecule has 0 amide bonds. The van der Waals surface area contributed by atoms with Crippen LogP contribution in [-0.4, -0.2) is 0 Å². The van der Waals surface area contributed by atoms with E-state index in [2.05, 4.69) is 13.8 Å². The van der Waals surface area contributed by atoms with Crippen molar-refractivity contribution >= 4 is 0 Å². The Hall–Kier alpha value is 0. The predicted octanol–water partition coefficient (Wildman–Crippen LogP) is 6.98. The van der Waals surface area contributed by atoms with Crippen LogP contribution in [-0.2, 0) is 0 Å². The lowest BCUT2D eigenvalue weighted by Crippen LogP contribution is -2.40. The summed E-state index contributed by atoms with van der Waals surface area (Å²) >= 11 is 0. The molecule has 0 heteroatoms. The van der Waals surface area contributed by atoms with E-state index in [0.29, 0.717) is 0 Å². The van der Waals surface area contributed by atoms with Gasteiger partial charge in [-0.1, -0.05) is 71.6 Å². The van der Waals surface area contributed by atoms with E-state index in [1.165, 1.54) is 57.8 Å². The molecule has 3 rings (SSSR count). The average Bonchev–Trinajstić information content (AvgIpc) is 2.97. The maximum atomic E-state index is 2.60. The standard InChI is InChI=1S/C21H38/c1-3-20-19-13-7-6-12-18(19)17(2)11-5-4-8-14-21(20)15-9-10-16-21/h17-20H,3-16H2,1-2H3/t17-,18?,19?,20?/m0/s1. The van der Waals surface area contributed by atoms with E-state index < -0.39 is 0 Å². The Kier molecular flexibility index (Phi) is 5.33. The molecule has 21 heavy (non-hydrogen) atoms. The first-order chi connectivity index (χ1) is 10.3. The highest BCUT2D eigenvalue weighted by atomic mass is 14.5. The Morgan fingerprint density at radius 2 is 1.29 bits per heavy atom. The van der Waals surface area contributed by atoms with Crippen molar-refractivity contribution in [2.24, 2.45) is 29.1 Å². The first kappa shape index (κ1) is 15.9. The van der Waals surface area contributed by atoms with E-state index >= 15 is 0 Å². The number of fused-ring (bicyclic) bond motifs is 1. The zero-order valence-electron chi connectivity index (χ0n) is 14.7. The topological polar surface area (TPSA) is 0 Å². The summed E-state index contributed by atoms with van der Waals surface area (Å²) in [7, 11) is 0. The molecule has 0 heterocycles. The van der Waals surface area contributed by atoms with Crippen LogP contribution in [0, 0.1) is 29.1 Å². The molecule has 0 bridgehead atoms. The molecule has 0 nitrogen and oxygen atoms in total. The van der Waals surface area contributed by atoms with Gasteiger partial charge in [-0.3, -0.25) is 0 Å². The summed E-state index contributed by atoms with van der Waals surface area (Å²) < 4.78 is 0. The van der Waals surface area contributed by atoms with Crippen molar-refractivity contribution in [3.63, 3.8) is 0 Å². The Morgan fingerprint density at radius 3 is 1.95 bits per heavy atom. The molecule has 0 radical (unpaired) electrons. The summed E-state index contributed by atoms with van der Waals surface area (Å²) in [4.78, 5) is 0. The van der Waals surface area contributed by atoms with Crippen LogP contribution in [0.4, 0.5) is 0 Å². The fourth-order valence-electron chi connectivity index (χ4n) is 6.80. The van der Waals surface area contributed by atoms with Crippen molar-refractivity contribution in [1.82, 2.24) is 0 Å². The summed E-state index contributed by atoms with van der Waals surface area (Å²) in [5, 5.41) is 0. The molecule has 0 aromatic heterocycles. The summed E-state index contributed by atoms with van der Waals surface area (Å²) in [6.45, 7) is 5.12. The largest absolute Gasteiger partial charge is 0.0651 e. The molecule has 1 spiro atoms. The van der Waals surface area contributed by atoms with Crippen LogP contribution >= 0.6 is 0 Å². The third kappa shape index (κ3) is 3.20. The minimum absolute atomic E-state index is 0.770. The Bertz CT molecular complexity index is 312. The molecule has 3 unspecified atom stereocenters. The van der Waals surface area contributed by atoms with E-state index in [9.17, 15) is 0 Å². The van der Waals surface area contributed by atoms with E-state index in [1.54, 1.807) is 32.1 Å². The Labute approximate surface area is 133 Å². The second-order valence-electron chi connectivity index (χ2n) is 8.77. The van der Waals surface area contributed by atoms with Crippen molar-refractivity contribution in [3.8, 4) is 0 Å². The van der Waals surface area contributed by atoms with Crippen LogP contribution < -0.4 is 0 Å². The third-order valence-electron chi connectivity index (χ3n) is 7.78. The molecular weight excluding hydrogens is 252 g/mol. The van der Waals surface area contributed by atoms with Gasteiger partial charge in [0.15, 0.2) is 0 Å². The summed E-state index contributed by atoms with van der Waals surface area (Å²) in [5.74, 6) is 4.21. The number of hydrogen-bond donors (Lipinski definition) is 0. The molecule has 0 saturated heterocycles. The minimum Gasteiger partial charge on any atom is -0.0651 e. The molecule has 3 saturated carbocycles. The Morgan fingerprint density at radius 1 is 0.714 bits per heavy atom. The lowest BCUT2D eigenvalue weighted by atomic mass is 9.56. The lowest BCUT2D eigenvalue weighted by molar-refractivity contribution is 0.00896. The quantitative estimate of drug-likeness (QED) is 0.488. The zero-order valence-corrected chi connectivity index (χ0v) is 14.7. The third-order valence-corrected chi connectivity index (χ3v) is 7.78. The van der Waals surface area contributed by atoms with Crippen molar-refractivity contribution in [2.75, 3.05) is 0 Å². The van der Waals surface area contributed by atoms with Gasteiger partial charge in [-0.2, -0.15) is 0 Å². The summed E-state index contributed by atoms with van der Waals surface area (Å²) in [5.41, 5.74) is 0.770. The predicted molar refractivity (Wildman–Crippen MR) is 92.4 cm³/mol. The van der Waals surface area contributed by atoms with Crippen LogP contribution in [0.3, 0.4) is 0 Å². The van der Waals surface area contributed by atoms with Gasteiger partial charge in [-0.25, -0.2) is 0 Å². The van der Waals surface area contributed by atoms with Gasteiger partial charge < -0.3 is 0 Å². The number of hydrogen-bond acceptors (Lipinski definition) is 0. The molecule has 122 valence electrons. The van der Waals surface area contributed by atoms with E-state index in [-0.39, 0.29) is 0 Å². The molecule has 3 aliphatic rings. The monoisotopic (exact) mass is 290 g/mol. The summed E-state index contributed by atoms with van der Waals surface area (Å²) in [6, 6.07) is 0. The minimum atomic E-state index is 0.770. The second kappa shape index (κ2) is 7.05. The molecule has 3 aliphatic carbocycles. The fourth-order valence-corrected chi connectivity index (χ4v) is 6.80. The van der Waals surface area contributed by atoms with Crippen molar-refractivity contribution in [3.05, 3.63) is 0 Å². The van der Waals surface area contributed by atoms with Crippen LogP contribution in [0.15, 0.2) is 0 Å². The lowest BCUT2D eigenvalue weighted by Gasteiger charge is -2.49.